The molecule has 1 heterocycles. The number of benzene rings is 1. The van der Waals surface area contributed by atoms with Crippen LogP contribution in [0.15, 0.2) is 42.6 Å². The summed E-state index contributed by atoms with van der Waals surface area (Å²) >= 11 is 5.63. The predicted octanol–water partition coefficient (Wildman–Crippen LogP) is 3.55. The maximum atomic E-state index is 12.8. The summed E-state index contributed by atoms with van der Waals surface area (Å²) in [6, 6.07) is 7.05. The molecule has 1 amide bonds. The molecule has 9 heteroatoms. The van der Waals surface area contributed by atoms with E-state index in [2.05, 4.69) is 15.0 Å². The Bertz CT molecular complexity index is 748. The van der Waals surface area contributed by atoms with Gasteiger partial charge in [-0.2, -0.15) is 13.2 Å². The minimum Gasteiger partial charge on any atom is -0.452 e. The van der Waals surface area contributed by atoms with Gasteiger partial charge < -0.3 is 10.1 Å². The van der Waals surface area contributed by atoms with Crippen LogP contribution < -0.4 is 5.32 Å². The largest absolute Gasteiger partial charge is 0.452 e. The molecule has 0 bridgehead atoms. The summed E-state index contributed by atoms with van der Waals surface area (Å²) in [5.41, 5.74) is -1.79. The van der Waals surface area contributed by atoms with E-state index < -0.39 is 35.8 Å². The van der Waals surface area contributed by atoms with Crippen LogP contribution in [0.25, 0.3) is 0 Å². The number of nitrogens with one attached hydrogen (secondary N) is 1. The van der Waals surface area contributed by atoms with Gasteiger partial charge in [0.25, 0.3) is 5.91 Å². The van der Waals surface area contributed by atoms with Crippen molar-refractivity contribution in [2.24, 2.45) is 0 Å². The van der Waals surface area contributed by atoms with Crippen LogP contribution in [0.2, 0.25) is 5.02 Å². The molecule has 0 atom stereocenters. The third-order valence-electron chi connectivity index (χ3n) is 2.78. The predicted molar refractivity (Wildman–Crippen MR) is 79.6 cm³/mol. The number of halogens is 4. The highest BCUT2D eigenvalue weighted by Crippen LogP contribution is 2.32. The van der Waals surface area contributed by atoms with Gasteiger partial charge in [-0.15, -0.1) is 0 Å². The van der Waals surface area contributed by atoms with Gasteiger partial charge in [-0.05, 0) is 24.3 Å². The molecule has 0 aliphatic carbocycles. The Morgan fingerprint density at radius 1 is 1.17 bits per heavy atom. The smallest absolute Gasteiger partial charge is 0.417 e. The highest BCUT2D eigenvalue weighted by Gasteiger charge is 2.35. The number of rotatable bonds is 4. The van der Waals surface area contributed by atoms with E-state index in [1.165, 1.54) is 24.4 Å². The van der Waals surface area contributed by atoms with E-state index in [9.17, 15) is 22.8 Å². The molecule has 126 valence electrons. The van der Waals surface area contributed by atoms with Crippen LogP contribution in [0.4, 0.5) is 19.0 Å². The average Bonchev–Trinajstić information content (AvgIpc) is 2.54. The van der Waals surface area contributed by atoms with Gasteiger partial charge >= 0.3 is 12.1 Å². The van der Waals surface area contributed by atoms with Crippen molar-refractivity contribution in [2.75, 3.05) is 11.9 Å². The van der Waals surface area contributed by atoms with Crippen LogP contribution in [0.1, 0.15) is 15.9 Å². The molecular formula is C15H10ClF3N2O3. The van der Waals surface area contributed by atoms with E-state index in [1.807, 2.05) is 0 Å². The second-order valence-corrected chi connectivity index (χ2v) is 4.97. The first-order chi connectivity index (χ1) is 11.3. The standard InChI is InChI=1S/C15H10ClF3N2O3/c16-9-5-6-12(20-7-9)21-13(22)8-24-14(23)10-3-1-2-4-11(10)15(17,18)19/h1-7H,8H2,(H,20,21,22). The second-order valence-electron chi connectivity index (χ2n) is 4.53. The van der Waals surface area contributed by atoms with E-state index in [0.29, 0.717) is 5.02 Å². The van der Waals surface area contributed by atoms with Crippen molar-refractivity contribution < 1.29 is 27.5 Å². The zero-order chi connectivity index (χ0) is 17.7. The maximum absolute atomic E-state index is 12.8. The lowest BCUT2D eigenvalue weighted by Gasteiger charge is -2.12. The fraction of sp³-hybridized carbons (Fsp3) is 0.133. The highest BCUT2D eigenvalue weighted by molar-refractivity contribution is 6.30. The number of amides is 1. The minimum absolute atomic E-state index is 0.163. The van der Waals surface area contributed by atoms with E-state index >= 15 is 0 Å². The molecule has 0 radical (unpaired) electrons. The third kappa shape index (κ3) is 4.69. The molecule has 0 spiro atoms. The van der Waals surface area contributed by atoms with E-state index in [4.69, 9.17) is 11.6 Å². The Hall–Kier alpha value is -2.61. The van der Waals surface area contributed by atoms with Gasteiger partial charge in [-0.1, -0.05) is 23.7 Å². The van der Waals surface area contributed by atoms with Gasteiger partial charge in [-0.3, -0.25) is 4.79 Å². The average molecular weight is 359 g/mol. The van der Waals surface area contributed by atoms with Crippen molar-refractivity contribution in [3.05, 3.63) is 58.7 Å². The first-order valence-electron chi connectivity index (χ1n) is 6.52. The molecule has 0 saturated carbocycles. The Balaban J connectivity index is 1.98. The van der Waals surface area contributed by atoms with Crippen LogP contribution in [0.3, 0.4) is 0 Å². The van der Waals surface area contributed by atoms with E-state index in [1.54, 1.807) is 0 Å². The summed E-state index contributed by atoms with van der Waals surface area (Å²) in [5, 5.41) is 2.68. The van der Waals surface area contributed by atoms with Crippen molar-refractivity contribution in [3.8, 4) is 0 Å². The van der Waals surface area contributed by atoms with Gasteiger partial charge in [0.05, 0.1) is 16.1 Å². The third-order valence-corrected chi connectivity index (χ3v) is 3.01. The lowest BCUT2D eigenvalue weighted by atomic mass is 10.1. The SMILES string of the molecule is O=C(COC(=O)c1ccccc1C(F)(F)F)Nc1ccc(Cl)cn1. The number of ether oxygens (including phenoxy) is 1. The molecule has 2 rings (SSSR count). The van der Waals surface area contributed by atoms with Gasteiger partial charge in [0.1, 0.15) is 5.82 Å². The monoisotopic (exact) mass is 358 g/mol. The molecule has 0 unspecified atom stereocenters. The number of alkyl halides is 3. The summed E-state index contributed by atoms with van der Waals surface area (Å²) in [4.78, 5) is 27.2. The summed E-state index contributed by atoms with van der Waals surface area (Å²) in [7, 11) is 0. The molecule has 0 saturated heterocycles. The number of hydrogen-bond acceptors (Lipinski definition) is 4. The molecule has 2 aromatic rings. The zero-order valence-corrected chi connectivity index (χ0v) is 12.7. The molecule has 24 heavy (non-hydrogen) atoms. The molecule has 1 N–H and O–H groups in total. The Morgan fingerprint density at radius 3 is 2.50 bits per heavy atom. The summed E-state index contributed by atoms with van der Waals surface area (Å²) in [6.07, 6.45) is -3.41. The number of esters is 1. The summed E-state index contributed by atoms with van der Waals surface area (Å²) < 4.78 is 43.1. The van der Waals surface area contributed by atoms with Crippen molar-refractivity contribution in [1.82, 2.24) is 4.98 Å². The van der Waals surface area contributed by atoms with Gasteiger partial charge in [0, 0.05) is 6.20 Å². The lowest BCUT2D eigenvalue weighted by molar-refractivity contribution is -0.138. The number of aromatic nitrogens is 1. The molecule has 1 aromatic heterocycles. The molecule has 1 aromatic carbocycles. The van der Waals surface area contributed by atoms with Crippen LogP contribution in [-0.4, -0.2) is 23.5 Å². The van der Waals surface area contributed by atoms with E-state index in [-0.39, 0.29) is 5.82 Å². The first-order valence-corrected chi connectivity index (χ1v) is 6.90. The van der Waals surface area contributed by atoms with Gasteiger partial charge in [-0.25, -0.2) is 9.78 Å². The van der Waals surface area contributed by atoms with Crippen molar-refractivity contribution in [2.45, 2.75) is 6.18 Å². The minimum atomic E-state index is -4.70. The number of anilines is 1. The van der Waals surface area contributed by atoms with Crippen molar-refractivity contribution >= 4 is 29.3 Å². The Labute approximate surface area is 139 Å². The molecule has 0 aliphatic heterocycles. The van der Waals surface area contributed by atoms with Crippen LogP contribution in [-0.2, 0) is 15.7 Å². The fourth-order valence-corrected chi connectivity index (χ4v) is 1.86. The quantitative estimate of drug-likeness (QED) is 0.849. The van der Waals surface area contributed by atoms with E-state index in [0.717, 1.165) is 18.2 Å². The van der Waals surface area contributed by atoms with Crippen molar-refractivity contribution in [3.63, 3.8) is 0 Å². The molecule has 0 fully saturated rings. The topological polar surface area (TPSA) is 68.3 Å². The summed E-state index contributed by atoms with van der Waals surface area (Å²) in [5.74, 6) is -1.83. The number of hydrogen-bond donors (Lipinski definition) is 1. The molecule has 5 nitrogen and oxygen atoms in total. The van der Waals surface area contributed by atoms with Crippen LogP contribution in [0.5, 0.6) is 0 Å². The van der Waals surface area contributed by atoms with Crippen molar-refractivity contribution in [1.29, 1.82) is 0 Å². The van der Waals surface area contributed by atoms with Gasteiger partial charge in [0.15, 0.2) is 6.61 Å². The maximum Gasteiger partial charge on any atom is 0.417 e. The normalized spacial score (nSPS) is 11.0. The Morgan fingerprint density at radius 2 is 1.88 bits per heavy atom. The highest BCUT2D eigenvalue weighted by atomic mass is 35.5. The second kappa shape index (κ2) is 7.31. The van der Waals surface area contributed by atoms with Gasteiger partial charge in [0.2, 0.25) is 0 Å². The first kappa shape index (κ1) is 17.7. The lowest BCUT2D eigenvalue weighted by Crippen LogP contribution is -2.22. The van der Waals surface area contributed by atoms with Crippen LogP contribution >= 0.6 is 11.6 Å². The fourth-order valence-electron chi connectivity index (χ4n) is 1.75. The molecular weight excluding hydrogens is 349 g/mol. The Kier molecular flexibility index (Phi) is 5.40. The number of pyridine rings is 1. The molecule has 0 aliphatic rings. The van der Waals surface area contributed by atoms with Crippen LogP contribution in [0, 0.1) is 0 Å². The zero-order valence-electron chi connectivity index (χ0n) is 11.9. The number of carbonyl (C=O) groups is 2. The number of carbonyl (C=O) groups excluding carboxylic acids is 2. The number of nitrogens with zero attached hydrogens (tertiary/aromatic N) is 1. The summed E-state index contributed by atoms with van der Waals surface area (Å²) in [6.45, 7) is -0.755.